The van der Waals surface area contributed by atoms with Gasteiger partial charge in [-0.15, -0.1) is 0 Å². The zero-order valence-corrected chi connectivity index (χ0v) is 10.7. The predicted molar refractivity (Wildman–Crippen MR) is 75.5 cm³/mol. The standard InChI is InChI=1S/C16H9FN2O2/c17-9-2-4-10-13(7-18-14(10)6-9)8-1-3-11-12(5-8)16(21)19-15(11)20/h1-7,18H,(H,19,20,21). The number of aromatic amines is 1. The van der Waals surface area contributed by atoms with Gasteiger partial charge in [-0.05, 0) is 35.9 Å². The van der Waals surface area contributed by atoms with Crippen LogP contribution in [0.3, 0.4) is 0 Å². The Morgan fingerprint density at radius 2 is 1.67 bits per heavy atom. The van der Waals surface area contributed by atoms with Crippen LogP contribution in [0.4, 0.5) is 4.39 Å². The van der Waals surface area contributed by atoms with Gasteiger partial charge in [-0.25, -0.2) is 4.39 Å². The summed E-state index contributed by atoms with van der Waals surface area (Å²) < 4.78 is 13.2. The molecular weight excluding hydrogens is 271 g/mol. The van der Waals surface area contributed by atoms with Crippen LogP contribution in [0.15, 0.2) is 42.6 Å². The first-order valence-electron chi connectivity index (χ1n) is 6.40. The molecule has 21 heavy (non-hydrogen) atoms. The van der Waals surface area contributed by atoms with Crippen molar-refractivity contribution in [1.29, 1.82) is 0 Å². The molecule has 4 rings (SSSR count). The fourth-order valence-corrected chi connectivity index (χ4v) is 2.67. The molecule has 2 amide bonds. The maximum Gasteiger partial charge on any atom is 0.258 e. The highest BCUT2D eigenvalue weighted by molar-refractivity contribution is 6.22. The third-order valence-corrected chi connectivity index (χ3v) is 3.69. The molecule has 0 spiro atoms. The van der Waals surface area contributed by atoms with E-state index in [1.165, 1.54) is 12.1 Å². The van der Waals surface area contributed by atoms with Crippen molar-refractivity contribution < 1.29 is 14.0 Å². The molecular formula is C16H9FN2O2. The molecule has 0 fully saturated rings. The van der Waals surface area contributed by atoms with E-state index < -0.39 is 0 Å². The lowest BCUT2D eigenvalue weighted by atomic mass is 10.00. The van der Waals surface area contributed by atoms with Gasteiger partial charge < -0.3 is 4.98 Å². The summed E-state index contributed by atoms with van der Waals surface area (Å²) in [7, 11) is 0. The molecule has 1 aliphatic heterocycles. The van der Waals surface area contributed by atoms with Crippen LogP contribution in [-0.4, -0.2) is 16.8 Å². The van der Waals surface area contributed by atoms with E-state index in [1.807, 2.05) is 0 Å². The summed E-state index contributed by atoms with van der Waals surface area (Å²) in [5.41, 5.74) is 3.10. The number of H-pyrrole nitrogens is 1. The van der Waals surface area contributed by atoms with Crippen LogP contribution >= 0.6 is 0 Å². The minimum absolute atomic E-state index is 0.310. The molecule has 0 unspecified atom stereocenters. The number of carbonyl (C=O) groups excluding carboxylic acids is 2. The smallest absolute Gasteiger partial charge is 0.258 e. The average molecular weight is 280 g/mol. The lowest BCUT2D eigenvalue weighted by molar-refractivity contribution is 0.0879. The predicted octanol–water partition coefficient (Wildman–Crippen LogP) is 2.86. The first-order chi connectivity index (χ1) is 10.1. The summed E-state index contributed by atoms with van der Waals surface area (Å²) in [6.07, 6.45) is 1.76. The van der Waals surface area contributed by atoms with Gasteiger partial charge in [0.2, 0.25) is 0 Å². The van der Waals surface area contributed by atoms with Crippen LogP contribution in [0, 0.1) is 5.82 Å². The topological polar surface area (TPSA) is 62.0 Å². The zero-order valence-electron chi connectivity index (χ0n) is 10.7. The molecule has 1 aliphatic rings. The molecule has 5 heteroatoms. The van der Waals surface area contributed by atoms with Crippen molar-refractivity contribution in [3.8, 4) is 11.1 Å². The van der Waals surface area contributed by atoms with Crippen LogP contribution in [0.5, 0.6) is 0 Å². The van der Waals surface area contributed by atoms with Crippen LogP contribution in [-0.2, 0) is 0 Å². The second-order valence-corrected chi connectivity index (χ2v) is 4.94. The Morgan fingerprint density at radius 1 is 0.857 bits per heavy atom. The Hall–Kier alpha value is -2.95. The minimum atomic E-state index is -0.386. The highest BCUT2D eigenvalue weighted by Crippen LogP contribution is 2.31. The Labute approximate surface area is 118 Å². The number of carbonyl (C=O) groups is 2. The number of nitrogens with one attached hydrogen (secondary N) is 2. The molecule has 2 heterocycles. The SMILES string of the molecule is O=C1NC(=O)c2cc(-c3c[nH]c4cc(F)ccc34)ccc21. The number of hydrogen-bond donors (Lipinski definition) is 2. The fraction of sp³-hybridized carbons (Fsp3) is 0. The number of imide groups is 1. The molecule has 2 aromatic carbocycles. The van der Waals surface area contributed by atoms with E-state index in [0.717, 1.165) is 16.5 Å². The number of amides is 2. The van der Waals surface area contributed by atoms with Crippen molar-refractivity contribution in [2.24, 2.45) is 0 Å². The lowest BCUT2D eigenvalue weighted by Gasteiger charge is -2.02. The molecule has 0 saturated heterocycles. The van der Waals surface area contributed by atoms with Crippen molar-refractivity contribution in [2.75, 3.05) is 0 Å². The van der Waals surface area contributed by atoms with E-state index in [2.05, 4.69) is 10.3 Å². The second-order valence-electron chi connectivity index (χ2n) is 4.94. The third-order valence-electron chi connectivity index (χ3n) is 3.69. The molecule has 0 radical (unpaired) electrons. The zero-order chi connectivity index (χ0) is 14.6. The molecule has 0 saturated carbocycles. The molecule has 1 aromatic heterocycles. The van der Waals surface area contributed by atoms with Crippen molar-refractivity contribution in [2.45, 2.75) is 0 Å². The van der Waals surface area contributed by atoms with Crippen LogP contribution in [0.2, 0.25) is 0 Å². The highest BCUT2D eigenvalue weighted by Gasteiger charge is 2.26. The third kappa shape index (κ3) is 1.67. The number of benzene rings is 2. The van der Waals surface area contributed by atoms with Crippen LogP contribution in [0.25, 0.3) is 22.0 Å². The molecule has 102 valence electrons. The first kappa shape index (κ1) is 11.8. The monoisotopic (exact) mass is 280 g/mol. The van der Waals surface area contributed by atoms with E-state index in [4.69, 9.17) is 0 Å². The summed E-state index contributed by atoms with van der Waals surface area (Å²) in [6, 6.07) is 9.60. The van der Waals surface area contributed by atoms with E-state index in [9.17, 15) is 14.0 Å². The van der Waals surface area contributed by atoms with Gasteiger partial charge in [0.1, 0.15) is 5.82 Å². The molecule has 0 atom stereocenters. The van der Waals surface area contributed by atoms with Crippen molar-refractivity contribution >= 4 is 22.7 Å². The molecule has 4 nitrogen and oxygen atoms in total. The molecule has 0 aliphatic carbocycles. The van der Waals surface area contributed by atoms with Gasteiger partial charge >= 0.3 is 0 Å². The maximum atomic E-state index is 13.2. The van der Waals surface area contributed by atoms with E-state index in [0.29, 0.717) is 16.6 Å². The summed E-state index contributed by atoms with van der Waals surface area (Å²) in [4.78, 5) is 26.3. The highest BCUT2D eigenvalue weighted by atomic mass is 19.1. The summed E-state index contributed by atoms with van der Waals surface area (Å²) in [5, 5.41) is 3.13. The van der Waals surface area contributed by atoms with Crippen molar-refractivity contribution in [3.63, 3.8) is 0 Å². The number of rotatable bonds is 1. The number of hydrogen-bond acceptors (Lipinski definition) is 2. The van der Waals surface area contributed by atoms with Gasteiger partial charge in [0, 0.05) is 22.7 Å². The largest absolute Gasteiger partial charge is 0.360 e. The van der Waals surface area contributed by atoms with E-state index in [-0.39, 0.29) is 17.6 Å². The summed E-state index contributed by atoms with van der Waals surface area (Å²) in [6.45, 7) is 0. The lowest BCUT2D eigenvalue weighted by Crippen LogP contribution is -2.19. The molecule has 0 bridgehead atoms. The average Bonchev–Trinajstić information content (AvgIpc) is 3.00. The molecule has 2 N–H and O–H groups in total. The van der Waals surface area contributed by atoms with Gasteiger partial charge in [0.05, 0.1) is 11.1 Å². The minimum Gasteiger partial charge on any atom is -0.360 e. The second kappa shape index (κ2) is 4.02. The quantitative estimate of drug-likeness (QED) is 0.673. The van der Waals surface area contributed by atoms with Crippen LogP contribution in [0.1, 0.15) is 20.7 Å². The Bertz CT molecular complexity index is 927. The maximum absolute atomic E-state index is 13.2. The number of fused-ring (bicyclic) bond motifs is 2. The summed E-state index contributed by atoms with van der Waals surface area (Å²) in [5.74, 6) is -1.07. The summed E-state index contributed by atoms with van der Waals surface area (Å²) >= 11 is 0. The molecule has 3 aromatic rings. The van der Waals surface area contributed by atoms with Gasteiger partial charge in [-0.1, -0.05) is 6.07 Å². The van der Waals surface area contributed by atoms with Gasteiger partial charge in [-0.3, -0.25) is 14.9 Å². The Kier molecular flexibility index (Phi) is 2.27. The van der Waals surface area contributed by atoms with Crippen molar-refractivity contribution in [1.82, 2.24) is 10.3 Å². The van der Waals surface area contributed by atoms with Gasteiger partial charge in [0.25, 0.3) is 11.8 Å². The van der Waals surface area contributed by atoms with E-state index in [1.54, 1.807) is 30.5 Å². The first-order valence-corrected chi connectivity index (χ1v) is 6.40. The Morgan fingerprint density at radius 3 is 2.52 bits per heavy atom. The van der Waals surface area contributed by atoms with Gasteiger partial charge in [-0.2, -0.15) is 0 Å². The van der Waals surface area contributed by atoms with Crippen LogP contribution < -0.4 is 5.32 Å². The van der Waals surface area contributed by atoms with Crippen molar-refractivity contribution in [3.05, 3.63) is 59.5 Å². The number of halogens is 1. The number of aromatic nitrogens is 1. The fourth-order valence-electron chi connectivity index (χ4n) is 2.67. The Balaban J connectivity index is 1.92. The normalized spacial score (nSPS) is 13.6. The van der Waals surface area contributed by atoms with Gasteiger partial charge in [0.15, 0.2) is 0 Å². The van der Waals surface area contributed by atoms with E-state index >= 15 is 0 Å².